The van der Waals surface area contributed by atoms with E-state index in [9.17, 15) is 9.18 Å². The van der Waals surface area contributed by atoms with Crippen LogP contribution in [0.3, 0.4) is 0 Å². The maximum absolute atomic E-state index is 13.3. The third-order valence-corrected chi connectivity index (χ3v) is 5.21. The molecule has 0 bridgehead atoms. The second-order valence-corrected chi connectivity index (χ2v) is 8.03. The first-order chi connectivity index (χ1) is 14.8. The van der Waals surface area contributed by atoms with E-state index < -0.39 is 0 Å². The molecule has 3 aromatic rings. The lowest BCUT2D eigenvalue weighted by atomic mass is 9.99. The average Bonchev–Trinajstić information content (AvgIpc) is 3.14. The van der Waals surface area contributed by atoms with Gasteiger partial charge in [-0.05, 0) is 24.5 Å². The van der Waals surface area contributed by atoms with E-state index in [-0.39, 0.29) is 37.2 Å². The molecule has 170 valence electrons. The second-order valence-electron chi connectivity index (χ2n) is 8.03. The minimum Gasteiger partial charge on any atom is -0.350 e. The van der Waals surface area contributed by atoms with Crippen LogP contribution in [0, 0.1) is 18.7 Å². The van der Waals surface area contributed by atoms with Gasteiger partial charge in [0, 0.05) is 31.5 Å². The van der Waals surface area contributed by atoms with Crippen LogP contribution in [-0.4, -0.2) is 43.7 Å². The van der Waals surface area contributed by atoms with Crippen molar-refractivity contribution in [2.24, 2.45) is 5.92 Å². The molecule has 9 nitrogen and oxygen atoms in total. The van der Waals surface area contributed by atoms with Crippen LogP contribution in [-0.2, 0) is 17.9 Å². The van der Waals surface area contributed by atoms with E-state index in [4.69, 9.17) is 0 Å². The molecule has 0 spiro atoms. The van der Waals surface area contributed by atoms with Crippen molar-refractivity contribution in [3.8, 4) is 0 Å². The summed E-state index contributed by atoms with van der Waals surface area (Å²) in [5, 5.41) is 10.5. The van der Waals surface area contributed by atoms with Crippen LogP contribution >= 0.6 is 13.5 Å². The smallest absolute Gasteiger partial charge is 0.247 e. The maximum Gasteiger partial charge on any atom is 0.247 e. The lowest BCUT2D eigenvalue weighted by Gasteiger charge is -2.36. The number of hydrogen-bond acceptors (Lipinski definition) is 7. The molecule has 1 atom stereocenters. The van der Waals surface area contributed by atoms with Gasteiger partial charge in [-0.15, -0.1) is 0 Å². The highest BCUT2D eigenvalue weighted by Gasteiger charge is 2.35. The topological polar surface area (TPSA) is 101 Å². The number of amides is 1. The van der Waals surface area contributed by atoms with Crippen LogP contribution in [0.2, 0.25) is 0 Å². The molecule has 11 heteroatoms. The minimum absolute atomic E-state index is 0. The van der Waals surface area contributed by atoms with E-state index in [0.717, 1.165) is 11.1 Å². The number of aromatic nitrogens is 5. The van der Waals surface area contributed by atoms with Crippen LogP contribution in [0.4, 0.5) is 21.8 Å². The number of rotatable bonds is 6. The molecule has 3 aromatic heterocycles. The van der Waals surface area contributed by atoms with Crippen LogP contribution in [0.1, 0.15) is 30.7 Å². The lowest BCUT2D eigenvalue weighted by molar-refractivity contribution is -0.118. The summed E-state index contributed by atoms with van der Waals surface area (Å²) >= 11 is 0. The third kappa shape index (κ3) is 4.82. The summed E-state index contributed by atoms with van der Waals surface area (Å²) in [6.45, 7) is 6.77. The van der Waals surface area contributed by atoms with Crippen molar-refractivity contribution in [2.75, 3.05) is 22.6 Å². The van der Waals surface area contributed by atoms with Crippen LogP contribution in [0.5, 0.6) is 0 Å². The molecule has 1 aliphatic rings. The molecule has 0 aliphatic carbocycles. The van der Waals surface area contributed by atoms with Crippen LogP contribution in [0.25, 0.3) is 0 Å². The molecule has 1 aliphatic heterocycles. The van der Waals surface area contributed by atoms with Gasteiger partial charge in [0.25, 0.3) is 0 Å². The highest BCUT2D eigenvalue weighted by molar-refractivity contribution is 7.59. The largest absolute Gasteiger partial charge is 0.350 e. The Morgan fingerprint density at radius 1 is 1.22 bits per heavy atom. The number of pyridine rings is 1. The zero-order valence-electron chi connectivity index (χ0n) is 18.4. The second kappa shape index (κ2) is 9.51. The summed E-state index contributed by atoms with van der Waals surface area (Å²) < 4.78 is 15.0. The fourth-order valence-electron chi connectivity index (χ4n) is 3.79. The van der Waals surface area contributed by atoms with E-state index in [1.807, 2.05) is 38.9 Å². The van der Waals surface area contributed by atoms with E-state index in [2.05, 4.69) is 30.7 Å². The molecule has 1 amide bonds. The number of nitrogens with zero attached hydrogens (tertiary/aromatic N) is 6. The monoisotopic (exact) mass is 458 g/mol. The molecule has 4 rings (SSSR count). The average molecular weight is 459 g/mol. The molecule has 0 aromatic carbocycles. The maximum atomic E-state index is 13.3. The molecule has 2 N–H and O–H groups in total. The van der Waals surface area contributed by atoms with E-state index in [1.54, 1.807) is 17.1 Å². The number of nitrogens with one attached hydrogen (secondary N) is 2. The lowest BCUT2D eigenvalue weighted by Crippen LogP contribution is -2.49. The van der Waals surface area contributed by atoms with Gasteiger partial charge in [0.15, 0.2) is 5.82 Å². The molecule has 4 heterocycles. The Morgan fingerprint density at radius 2 is 2.00 bits per heavy atom. The number of likely N-dealkylation sites (N-methyl/N-ethyl adjacent to an activating group) is 1. The zero-order valence-corrected chi connectivity index (χ0v) is 19.4. The summed E-state index contributed by atoms with van der Waals surface area (Å²) in [4.78, 5) is 27.3. The van der Waals surface area contributed by atoms with Crippen molar-refractivity contribution in [3.05, 3.63) is 53.5 Å². The first-order valence-corrected chi connectivity index (χ1v) is 10.1. The van der Waals surface area contributed by atoms with Gasteiger partial charge in [-0.3, -0.25) is 14.5 Å². The quantitative estimate of drug-likeness (QED) is 0.586. The first-order valence-electron chi connectivity index (χ1n) is 10.1. The van der Waals surface area contributed by atoms with E-state index in [0.29, 0.717) is 36.2 Å². The van der Waals surface area contributed by atoms with Crippen LogP contribution < -0.4 is 15.5 Å². The van der Waals surface area contributed by atoms with Crippen molar-refractivity contribution in [2.45, 2.75) is 39.9 Å². The number of fused-ring (bicyclic) bond motifs is 1. The number of carbonyl (C=O) groups excluding carboxylic acids is 1. The van der Waals surface area contributed by atoms with Crippen molar-refractivity contribution >= 4 is 36.9 Å². The van der Waals surface area contributed by atoms with Gasteiger partial charge >= 0.3 is 0 Å². The van der Waals surface area contributed by atoms with Crippen LogP contribution in [0.15, 0.2) is 30.9 Å². The standard InChI is InChI=1S/C21H25FN8O.H2S/c1-12(2)18-20(31)27-17-13(3)26-21(28-19(17)29(18)4)24-7-15-8-25-30(11-15)10-14-5-16(22)9-23-6-14;/h5-6,8-9,11-12,18H,7,10H2,1-4H3,(H,27,31)(H,24,26,28);1H2/t18-;/m0./s1. The SMILES string of the molecule is Cc1nc(NCc2cnn(Cc3cncc(F)c3)c2)nc2c1NC(=O)[C@H](C(C)C)N2C.S. The highest BCUT2D eigenvalue weighted by atomic mass is 32.1. The summed E-state index contributed by atoms with van der Waals surface area (Å²) in [6, 6.07) is 1.15. The fraction of sp³-hybridized carbons (Fsp3) is 0.381. The van der Waals surface area contributed by atoms with Gasteiger partial charge in [-0.1, -0.05) is 13.8 Å². The molecular weight excluding hydrogens is 431 g/mol. The van der Waals surface area contributed by atoms with Crippen molar-refractivity contribution in [1.82, 2.24) is 24.7 Å². The van der Waals surface area contributed by atoms with Gasteiger partial charge in [0.05, 0.1) is 24.6 Å². The molecule has 0 saturated heterocycles. The van der Waals surface area contributed by atoms with Crippen molar-refractivity contribution in [3.63, 3.8) is 0 Å². The normalized spacial score (nSPS) is 15.2. The van der Waals surface area contributed by atoms with E-state index >= 15 is 0 Å². The Kier molecular flexibility index (Phi) is 6.97. The van der Waals surface area contributed by atoms with Gasteiger partial charge in [0.1, 0.15) is 17.5 Å². The fourth-order valence-corrected chi connectivity index (χ4v) is 3.79. The van der Waals surface area contributed by atoms with Gasteiger partial charge in [-0.25, -0.2) is 9.37 Å². The highest BCUT2D eigenvalue weighted by Crippen LogP contribution is 2.34. The van der Waals surface area contributed by atoms with Crippen molar-refractivity contribution in [1.29, 1.82) is 0 Å². The number of anilines is 3. The number of aryl methyl sites for hydroxylation is 1. The van der Waals surface area contributed by atoms with Gasteiger partial charge < -0.3 is 15.5 Å². The Labute approximate surface area is 192 Å². The van der Waals surface area contributed by atoms with E-state index in [1.165, 1.54) is 12.3 Å². The predicted molar refractivity (Wildman–Crippen MR) is 126 cm³/mol. The van der Waals surface area contributed by atoms with Gasteiger partial charge in [0.2, 0.25) is 11.9 Å². The Bertz CT molecular complexity index is 1120. The molecule has 0 unspecified atom stereocenters. The molecule has 0 fully saturated rings. The number of hydrogen-bond donors (Lipinski definition) is 2. The van der Waals surface area contributed by atoms with Gasteiger partial charge in [-0.2, -0.15) is 23.6 Å². The molecular formula is C21H27FN8OS. The molecule has 0 saturated carbocycles. The predicted octanol–water partition coefficient (Wildman–Crippen LogP) is 2.70. The number of carbonyl (C=O) groups is 1. The Morgan fingerprint density at radius 3 is 2.72 bits per heavy atom. The molecule has 0 radical (unpaired) electrons. The summed E-state index contributed by atoms with van der Waals surface area (Å²) in [5.41, 5.74) is 3.02. The Balaban J connectivity index is 0.00000289. The molecule has 32 heavy (non-hydrogen) atoms. The summed E-state index contributed by atoms with van der Waals surface area (Å²) in [7, 11) is 1.88. The summed E-state index contributed by atoms with van der Waals surface area (Å²) in [5.74, 6) is 0.904. The third-order valence-electron chi connectivity index (χ3n) is 5.21. The zero-order chi connectivity index (χ0) is 22.1. The minimum atomic E-state index is -0.368. The number of halogens is 1. The summed E-state index contributed by atoms with van der Waals surface area (Å²) in [6.07, 6.45) is 6.41. The Hall–Kier alpha value is -3.21. The first kappa shape index (κ1) is 23.5. The van der Waals surface area contributed by atoms with Crippen molar-refractivity contribution < 1.29 is 9.18 Å².